The summed E-state index contributed by atoms with van der Waals surface area (Å²) >= 11 is 0. The third-order valence-corrected chi connectivity index (χ3v) is 6.60. The Morgan fingerprint density at radius 1 is 1.06 bits per heavy atom. The van der Waals surface area contributed by atoms with Crippen LogP contribution in [0.3, 0.4) is 0 Å². The zero-order valence-corrected chi connectivity index (χ0v) is 22.0. The van der Waals surface area contributed by atoms with E-state index in [1.165, 1.54) is 0 Å². The number of guanidine groups is 1. The highest BCUT2D eigenvalue weighted by molar-refractivity contribution is 14.0. The van der Waals surface area contributed by atoms with Crippen LogP contribution < -0.4 is 14.9 Å². The minimum absolute atomic E-state index is 0. The van der Waals surface area contributed by atoms with Crippen LogP contribution in [0.5, 0.6) is 0 Å². The minimum Gasteiger partial charge on any atom is -0.353 e. The van der Waals surface area contributed by atoms with Crippen LogP contribution in [0.4, 0.5) is 5.82 Å². The van der Waals surface area contributed by atoms with Crippen LogP contribution in [0.2, 0.25) is 0 Å². The Morgan fingerprint density at radius 2 is 1.72 bits per heavy atom. The third-order valence-electron chi connectivity index (χ3n) is 5.08. The van der Waals surface area contributed by atoms with Crippen molar-refractivity contribution in [2.75, 3.05) is 38.1 Å². The molecule has 3 rings (SSSR count). The molecule has 1 saturated heterocycles. The first-order valence-electron chi connectivity index (χ1n) is 10.6. The maximum absolute atomic E-state index is 12.4. The summed E-state index contributed by atoms with van der Waals surface area (Å²) in [4.78, 5) is 13.4. The van der Waals surface area contributed by atoms with Gasteiger partial charge >= 0.3 is 0 Å². The maximum atomic E-state index is 12.4. The fourth-order valence-corrected chi connectivity index (χ4v) is 5.16. The second kappa shape index (κ2) is 12.4. The number of benzene rings is 1. The molecule has 8 nitrogen and oxygen atoms in total. The summed E-state index contributed by atoms with van der Waals surface area (Å²) in [5.41, 5.74) is 1.74. The van der Waals surface area contributed by atoms with Gasteiger partial charge in [-0.1, -0.05) is 30.3 Å². The highest BCUT2D eigenvalue weighted by Gasteiger charge is 2.21. The molecule has 0 spiro atoms. The van der Waals surface area contributed by atoms with E-state index in [1.807, 2.05) is 62.5 Å². The van der Waals surface area contributed by atoms with Gasteiger partial charge < -0.3 is 15.1 Å². The van der Waals surface area contributed by atoms with E-state index in [1.54, 1.807) is 7.05 Å². The molecule has 10 heteroatoms. The van der Waals surface area contributed by atoms with E-state index in [0.717, 1.165) is 49.1 Å². The Balaban J connectivity index is 0.00000363. The molecule has 1 aromatic carbocycles. The van der Waals surface area contributed by atoms with E-state index in [-0.39, 0.29) is 35.8 Å². The lowest BCUT2D eigenvalue weighted by Crippen LogP contribution is -2.52. The molecular formula is C22H33IN6O2S. The predicted molar refractivity (Wildman–Crippen MR) is 141 cm³/mol. The highest BCUT2D eigenvalue weighted by atomic mass is 127. The zero-order chi connectivity index (χ0) is 22.3. The molecule has 1 aromatic heterocycles. The van der Waals surface area contributed by atoms with E-state index in [9.17, 15) is 8.42 Å². The number of pyridine rings is 1. The van der Waals surface area contributed by atoms with E-state index < -0.39 is 10.0 Å². The van der Waals surface area contributed by atoms with Gasteiger partial charge in [0, 0.05) is 52.0 Å². The average Bonchev–Trinajstić information content (AvgIpc) is 2.75. The summed E-state index contributed by atoms with van der Waals surface area (Å²) in [6.07, 6.45) is 1.82. The lowest BCUT2D eigenvalue weighted by molar-refractivity contribution is 0.371. The smallest absolute Gasteiger partial charge is 0.216 e. The minimum atomic E-state index is -3.38. The Bertz CT molecular complexity index is 977. The second-order valence-corrected chi connectivity index (χ2v) is 9.62. The zero-order valence-electron chi connectivity index (χ0n) is 18.9. The molecule has 1 aliphatic rings. The van der Waals surface area contributed by atoms with Gasteiger partial charge in [-0.05, 0) is 37.1 Å². The number of piperazine rings is 1. The molecule has 0 aliphatic carbocycles. The molecular weight excluding hydrogens is 539 g/mol. The molecule has 2 aromatic rings. The van der Waals surface area contributed by atoms with Crippen molar-refractivity contribution in [3.05, 3.63) is 59.8 Å². The standard InChI is InChI=1S/C22H32N6O2S.HI/c1-18(2)26-31(29,30)17-20-9-5-4-8-19(20)16-25-22(23-3)28-14-12-27(13-15-28)21-10-6-7-11-24-21;/h4-11,18,26H,12-17H2,1-3H3,(H,23,25);1H. The Kier molecular flexibility index (Phi) is 10.2. The first-order chi connectivity index (χ1) is 14.9. The predicted octanol–water partition coefficient (Wildman–Crippen LogP) is 2.43. The molecule has 0 saturated carbocycles. The number of hydrogen-bond acceptors (Lipinski definition) is 5. The average molecular weight is 573 g/mol. The molecule has 2 heterocycles. The van der Waals surface area contributed by atoms with Gasteiger partial charge in [-0.25, -0.2) is 18.1 Å². The van der Waals surface area contributed by atoms with Gasteiger partial charge in [0.25, 0.3) is 0 Å². The second-order valence-electron chi connectivity index (χ2n) is 7.86. The van der Waals surface area contributed by atoms with Crippen LogP contribution in [-0.4, -0.2) is 63.5 Å². The van der Waals surface area contributed by atoms with Gasteiger partial charge in [0.2, 0.25) is 10.0 Å². The van der Waals surface area contributed by atoms with Crippen molar-refractivity contribution < 1.29 is 8.42 Å². The number of anilines is 1. The van der Waals surface area contributed by atoms with Crippen molar-refractivity contribution in [3.63, 3.8) is 0 Å². The molecule has 0 atom stereocenters. The number of halogens is 1. The molecule has 0 unspecified atom stereocenters. The Hall–Kier alpha value is -1.92. The van der Waals surface area contributed by atoms with Gasteiger partial charge in [-0.2, -0.15) is 0 Å². The quantitative estimate of drug-likeness (QED) is 0.301. The fourth-order valence-electron chi connectivity index (χ4n) is 3.67. The van der Waals surface area contributed by atoms with Crippen LogP contribution in [0, 0.1) is 0 Å². The van der Waals surface area contributed by atoms with E-state index >= 15 is 0 Å². The van der Waals surface area contributed by atoms with E-state index in [0.29, 0.717) is 6.54 Å². The molecule has 176 valence electrons. The largest absolute Gasteiger partial charge is 0.353 e. The molecule has 2 N–H and O–H groups in total. The van der Waals surface area contributed by atoms with Gasteiger partial charge in [0.1, 0.15) is 5.82 Å². The number of hydrogen-bond donors (Lipinski definition) is 2. The van der Waals surface area contributed by atoms with Crippen molar-refractivity contribution in [2.24, 2.45) is 4.99 Å². The lowest BCUT2D eigenvalue weighted by Gasteiger charge is -2.37. The third kappa shape index (κ3) is 7.59. The first kappa shape index (κ1) is 26.3. The van der Waals surface area contributed by atoms with E-state index in [4.69, 9.17) is 0 Å². The summed E-state index contributed by atoms with van der Waals surface area (Å²) < 4.78 is 27.4. The fraction of sp³-hybridized carbons (Fsp3) is 0.455. The Morgan fingerprint density at radius 3 is 2.31 bits per heavy atom. The van der Waals surface area contributed by atoms with Crippen molar-refractivity contribution in [1.82, 2.24) is 19.9 Å². The molecule has 0 radical (unpaired) electrons. The number of nitrogens with one attached hydrogen (secondary N) is 2. The first-order valence-corrected chi connectivity index (χ1v) is 12.2. The van der Waals surface area contributed by atoms with Gasteiger partial charge in [-0.3, -0.25) is 4.99 Å². The van der Waals surface area contributed by atoms with Crippen LogP contribution >= 0.6 is 24.0 Å². The van der Waals surface area contributed by atoms with Crippen LogP contribution in [-0.2, 0) is 22.3 Å². The number of aliphatic imine (C=N–C) groups is 1. The van der Waals surface area contributed by atoms with Gasteiger partial charge in [0.05, 0.1) is 5.75 Å². The number of rotatable bonds is 7. The summed E-state index contributed by atoms with van der Waals surface area (Å²) in [5.74, 6) is 1.78. The monoisotopic (exact) mass is 572 g/mol. The van der Waals surface area contributed by atoms with Crippen LogP contribution in [0.25, 0.3) is 0 Å². The highest BCUT2D eigenvalue weighted by Crippen LogP contribution is 2.14. The molecule has 0 bridgehead atoms. The topological polar surface area (TPSA) is 89.9 Å². The summed E-state index contributed by atoms with van der Waals surface area (Å²) in [6.45, 7) is 7.57. The molecule has 1 fully saturated rings. The summed E-state index contributed by atoms with van der Waals surface area (Å²) in [6, 6.07) is 13.5. The van der Waals surface area contributed by atoms with Gasteiger partial charge in [0.15, 0.2) is 5.96 Å². The summed E-state index contributed by atoms with van der Waals surface area (Å²) in [5, 5.41) is 3.40. The SMILES string of the molecule is CN=C(NCc1ccccc1CS(=O)(=O)NC(C)C)N1CCN(c2ccccn2)CC1.I. The van der Waals surface area contributed by atoms with Crippen molar-refractivity contribution in [3.8, 4) is 0 Å². The maximum Gasteiger partial charge on any atom is 0.216 e. The van der Waals surface area contributed by atoms with Crippen molar-refractivity contribution in [2.45, 2.75) is 32.2 Å². The normalized spacial score (nSPS) is 14.9. The van der Waals surface area contributed by atoms with Crippen LogP contribution in [0.1, 0.15) is 25.0 Å². The Labute approximate surface area is 208 Å². The van der Waals surface area contributed by atoms with Crippen molar-refractivity contribution in [1.29, 1.82) is 0 Å². The number of aromatic nitrogens is 1. The summed E-state index contributed by atoms with van der Waals surface area (Å²) in [7, 11) is -1.61. The van der Waals surface area contributed by atoms with Crippen molar-refractivity contribution >= 4 is 45.8 Å². The number of nitrogens with zero attached hydrogens (tertiary/aromatic N) is 4. The van der Waals surface area contributed by atoms with Gasteiger partial charge in [-0.15, -0.1) is 24.0 Å². The molecule has 32 heavy (non-hydrogen) atoms. The van der Waals surface area contributed by atoms with E-state index in [2.05, 4.69) is 29.8 Å². The molecule has 0 amide bonds. The number of sulfonamides is 1. The molecule has 1 aliphatic heterocycles. The van der Waals surface area contributed by atoms with Crippen LogP contribution in [0.15, 0.2) is 53.7 Å². The lowest BCUT2D eigenvalue weighted by atomic mass is 10.1.